The maximum absolute atomic E-state index is 13.1. The predicted molar refractivity (Wildman–Crippen MR) is 115 cm³/mol. The Morgan fingerprint density at radius 2 is 2.00 bits per heavy atom. The number of halogens is 1. The molecule has 2 unspecified atom stereocenters. The highest BCUT2D eigenvalue weighted by atomic mass is 19.1. The average molecular weight is 407 g/mol. The molecule has 0 bridgehead atoms. The van der Waals surface area contributed by atoms with Crippen molar-refractivity contribution in [1.29, 1.82) is 0 Å². The molecule has 1 heterocycles. The molecule has 6 heteroatoms. The van der Waals surface area contributed by atoms with Gasteiger partial charge in [0.2, 0.25) is 5.91 Å². The van der Waals surface area contributed by atoms with E-state index >= 15 is 0 Å². The number of nitrogens with one attached hydrogen (secondary N) is 2. The third kappa shape index (κ3) is 4.08. The molecule has 3 aromatic rings. The standard InChI is InChI=1S/C24H26FN3O2/c1-14-5-10-21-20(11-14)18-3-2-4-19(22(18)28-21)24(30)27-13-16(23(26)29)12-15-6-8-17(25)9-7-15/h2-4,6-9,14,16,28H,5,10-13H2,1H3,(H2,26,29)(H,27,30). The van der Waals surface area contributed by atoms with Crippen molar-refractivity contribution in [3.05, 3.63) is 70.7 Å². The molecule has 2 amide bonds. The quantitative estimate of drug-likeness (QED) is 0.584. The van der Waals surface area contributed by atoms with Crippen LogP contribution in [0.3, 0.4) is 0 Å². The zero-order chi connectivity index (χ0) is 21.3. The van der Waals surface area contributed by atoms with Gasteiger partial charge in [0.25, 0.3) is 5.91 Å². The van der Waals surface area contributed by atoms with E-state index in [4.69, 9.17) is 5.73 Å². The number of carbonyl (C=O) groups is 2. The van der Waals surface area contributed by atoms with Crippen LogP contribution in [0, 0.1) is 17.7 Å². The summed E-state index contributed by atoms with van der Waals surface area (Å²) < 4.78 is 13.1. The number of nitrogens with two attached hydrogens (primary N) is 1. The Morgan fingerprint density at radius 1 is 1.23 bits per heavy atom. The molecule has 4 N–H and O–H groups in total. The van der Waals surface area contributed by atoms with Crippen LogP contribution in [0.2, 0.25) is 0 Å². The molecule has 1 aromatic heterocycles. The van der Waals surface area contributed by atoms with Crippen LogP contribution in [0.1, 0.15) is 40.5 Å². The summed E-state index contributed by atoms with van der Waals surface area (Å²) in [5, 5.41) is 3.96. The Bertz CT molecular complexity index is 1090. The average Bonchev–Trinajstić information content (AvgIpc) is 3.10. The molecule has 0 fully saturated rings. The van der Waals surface area contributed by atoms with Gasteiger partial charge in [0.05, 0.1) is 17.0 Å². The molecule has 0 saturated carbocycles. The number of benzene rings is 2. The fourth-order valence-corrected chi connectivity index (χ4v) is 4.29. The third-order valence-corrected chi connectivity index (χ3v) is 6.02. The number of carbonyl (C=O) groups excluding carboxylic acids is 2. The van der Waals surface area contributed by atoms with Gasteiger partial charge in [-0.05, 0) is 60.9 Å². The Morgan fingerprint density at radius 3 is 2.73 bits per heavy atom. The van der Waals surface area contributed by atoms with E-state index in [-0.39, 0.29) is 18.3 Å². The van der Waals surface area contributed by atoms with E-state index in [9.17, 15) is 14.0 Å². The molecule has 156 valence electrons. The van der Waals surface area contributed by atoms with Crippen molar-refractivity contribution in [1.82, 2.24) is 10.3 Å². The van der Waals surface area contributed by atoms with E-state index in [1.807, 2.05) is 6.07 Å². The number of aryl methyl sites for hydroxylation is 1. The van der Waals surface area contributed by atoms with Gasteiger partial charge in [-0.3, -0.25) is 9.59 Å². The molecule has 1 aliphatic carbocycles. The molecule has 0 aliphatic heterocycles. The SMILES string of the molecule is CC1CCc2[nH]c3c(C(=O)NCC(Cc4ccc(F)cc4)C(N)=O)cccc3c2C1. The second-order valence-corrected chi connectivity index (χ2v) is 8.30. The molecule has 0 radical (unpaired) electrons. The van der Waals surface area contributed by atoms with E-state index < -0.39 is 11.8 Å². The maximum Gasteiger partial charge on any atom is 0.253 e. The first-order valence-electron chi connectivity index (χ1n) is 10.4. The molecule has 0 spiro atoms. The number of hydrogen-bond acceptors (Lipinski definition) is 2. The number of rotatable bonds is 6. The number of primary amides is 1. The van der Waals surface area contributed by atoms with Crippen LogP contribution < -0.4 is 11.1 Å². The number of fused-ring (bicyclic) bond motifs is 3. The summed E-state index contributed by atoms with van der Waals surface area (Å²) in [7, 11) is 0. The first-order valence-corrected chi connectivity index (χ1v) is 10.4. The van der Waals surface area contributed by atoms with Crippen LogP contribution in [0.4, 0.5) is 4.39 Å². The predicted octanol–water partition coefficient (Wildman–Crippen LogP) is 3.51. The molecule has 0 saturated heterocycles. The van der Waals surface area contributed by atoms with Crippen LogP contribution in [0.25, 0.3) is 10.9 Å². The van der Waals surface area contributed by atoms with E-state index in [2.05, 4.69) is 23.3 Å². The summed E-state index contributed by atoms with van der Waals surface area (Å²) in [6.45, 7) is 2.38. The number of amides is 2. The van der Waals surface area contributed by atoms with Crippen LogP contribution in [-0.4, -0.2) is 23.3 Å². The highest BCUT2D eigenvalue weighted by Crippen LogP contribution is 2.32. The molecular formula is C24H26FN3O2. The second-order valence-electron chi connectivity index (χ2n) is 8.30. The first-order chi connectivity index (χ1) is 14.4. The second kappa shape index (κ2) is 8.30. The third-order valence-electron chi connectivity index (χ3n) is 6.02. The van der Waals surface area contributed by atoms with Crippen molar-refractivity contribution in [2.24, 2.45) is 17.6 Å². The molecule has 4 rings (SSSR count). The topological polar surface area (TPSA) is 88.0 Å². The van der Waals surface area contributed by atoms with Gasteiger partial charge in [-0.15, -0.1) is 0 Å². The summed E-state index contributed by atoms with van der Waals surface area (Å²) in [4.78, 5) is 28.3. The van der Waals surface area contributed by atoms with Gasteiger partial charge in [0.1, 0.15) is 5.82 Å². The van der Waals surface area contributed by atoms with Crippen LogP contribution in [0.5, 0.6) is 0 Å². The highest BCUT2D eigenvalue weighted by molar-refractivity contribution is 6.07. The number of H-pyrrole nitrogens is 1. The zero-order valence-corrected chi connectivity index (χ0v) is 17.0. The molecule has 5 nitrogen and oxygen atoms in total. The summed E-state index contributed by atoms with van der Waals surface area (Å²) in [5.74, 6) is -1.01. The lowest BCUT2D eigenvalue weighted by Gasteiger charge is -2.17. The van der Waals surface area contributed by atoms with Crippen LogP contribution in [-0.2, 0) is 24.1 Å². The lowest BCUT2D eigenvalue weighted by atomic mass is 9.87. The molecule has 2 atom stereocenters. The molecular weight excluding hydrogens is 381 g/mol. The van der Waals surface area contributed by atoms with E-state index in [1.165, 1.54) is 23.4 Å². The van der Waals surface area contributed by atoms with Crippen molar-refractivity contribution < 1.29 is 14.0 Å². The van der Waals surface area contributed by atoms with Gasteiger partial charge in [-0.25, -0.2) is 4.39 Å². The van der Waals surface area contributed by atoms with Gasteiger partial charge >= 0.3 is 0 Å². The lowest BCUT2D eigenvalue weighted by molar-refractivity contribution is -0.121. The number of aromatic nitrogens is 1. The van der Waals surface area contributed by atoms with Gasteiger partial charge in [-0.2, -0.15) is 0 Å². The monoisotopic (exact) mass is 407 g/mol. The summed E-state index contributed by atoms with van der Waals surface area (Å²) in [5.41, 5.74) is 10.3. The largest absolute Gasteiger partial charge is 0.369 e. The van der Waals surface area contributed by atoms with E-state index in [1.54, 1.807) is 18.2 Å². The molecule has 2 aromatic carbocycles. The Kier molecular flexibility index (Phi) is 5.57. The van der Waals surface area contributed by atoms with Gasteiger partial charge < -0.3 is 16.0 Å². The number of hydrogen-bond donors (Lipinski definition) is 3. The van der Waals surface area contributed by atoms with E-state index in [0.717, 1.165) is 35.7 Å². The summed E-state index contributed by atoms with van der Waals surface area (Å²) in [6, 6.07) is 11.7. The molecule has 1 aliphatic rings. The van der Waals surface area contributed by atoms with Crippen LogP contribution in [0.15, 0.2) is 42.5 Å². The fraction of sp³-hybridized carbons (Fsp3) is 0.333. The normalized spacial score (nSPS) is 16.8. The zero-order valence-electron chi connectivity index (χ0n) is 17.0. The first kappa shape index (κ1) is 20.1. The minimum atomic E-state index is -0.573. The van der Waals surface area contributed by atoms with Crippen molar-refractivity contribution >= 4 is 22.7 Å². The number of para-hydroxylation sites is 1. The van der Waals surface area contributed by atoms with Gasteiger partial charge in [-0.1, -0.05) is 31.2 Å². The number of aromatic amines is 1. The summed E-state index contributed by atoms with van der Waals surface area (Å²) in [6.07, 6.45) is 3.50. The smallest absolute Gasteiger partial charge is 0.253 e. The van der Waals surface area contributed by atoms with Gasteiger partial charge in [0, 0.05) is 17.6 Å². The van der Waals surface area contributed by atoms with Crippen molar-refractivity contribution in [2.75, 3.05) is 6.54 Å². The Balaban J connectivity index is 1.51. The highest BCUT2D eigenvalue weighted by Gasteiger charge is 2.23. The Hall–Kier alpha value is -3.15. The van der Waals surface area contributed by atoms with Crippen molar-refractivity contribution in [3.8, 4) is 0 Å². The van der Waals surface area contributed by atoms with E-state index in [0.29, 0.717) is 17.9 Å². The Labute approximate surface area is 174 Å². The molecule has 30 heavy (non-hydrogen) atoms. The summed E-state index contributed by atoms with van der Waals surface area (Å²) >= 11 is 0. The van der Waals surface area contributed by atoms with Crippen LogP contribution >= 0.6 is 0 Å². The maximum atomic E-state index is 13.1. The fourth-order valence-electron chi connectivity index (χ4n) is 4.29. The minimum Gasteiger partial charge on any atom is -0.369 e. The lowest BCUT2D eigenvalue weighted by Crippen LogP contribution is -2.37. The van der Waals surface area contributed by atoms with Crippen molar-refractivity contribution in [2.45, 2.75) is 32.6 Å². The van der Waals surface area contributed by atoms with Gasteiger partial charge in [0.15, 0.2) is 0 Å². The van der Waals surface area contributed by atoms with Crippen molar-refractivity contribution in [3.63, 3.8) is 0 Å². The minimum absolute atomic E-state index is 0.124.